The molecule has 0 aliphatic heterocycles. The number of hydrogen-bond donors (Lipinski definition) is 1. The molecule has 0 aliphatic rings. The van der Waals surface area contributed by atoms with Crippen LogP contribution in [0.2, 0.25) is 0 Å². The van der Waals surface area contributed by atoms with Crippen molar-refractivity contribution < 1.29 is 9.53 Å². The number of carbonyl (C=O) groups is 1. The second-order valence-electron chi connectivity index (χ2n) is 7.80. The summed E-state index contributed by atoms with van der Waals surface area (Å²) in [5.41, 5.74) is 4.25. The number of nitrogens with one attached hydrogen (secondary N) is 1. The molecule has 1 aromatic heterocycles. The van der Waals surface area contributed by atoms with E-state index in [1.165, 1.54) is 5.56 Å². The van der Waals surface area contributed by atoms with Crippen molar-refractivity contribution >= 4 is 5.91 Å². The minimum atomic E-state index is -0.145. The summed E-state index contributed by atoms with van der Waals surface area (Å²) in [5, 5.41) is 7.86. The third kappa shape index (κ3) is 4.89. The molecule has 5 nitrogen and oxygen atoms in total. The highest BCUT2D eigenvalue weighted by atomic mass is 16.5. The van der Waals surface area contributed by atoms with E-state index in [2.05, 4.69) is 24.4 Å². The van der Waals surface area contributed by atoms with Crippen LogP contribution in [0.5, 0.6) is 5.75 Å². The molecule has 3 aromatic carbocycles. The lowest BCUT2D eigenvalue weighted by Crippen LogP contribution is -2.27. The lowest BCUT2D eigenvalue weighted by Gasteiger charge is -2.13. The number of para-hydroxylation sites is 1. The van der Waals surface area contributed by atoms with Gasteiger partial charge in [-0.15, -0.1) is 0 Å². The van der Waals surface area contributed by atoms with Crippen LogP contribution in [-0.2, 0) is 6.54 Å². The number of benzene rings is 3. The fourth-order valence-corrected chi connectivity index (χ4v) is 3.72. The Balaban J connectivity index is 1.62. The maximum absolute atomic E-state index is 13.2. The number of methoxy groups -OCH3 is 1. The summed E-state index contributed by atoms with van der Waals surface area (Å²) in [4.78, 5) is 13.2. The van der Waals surface area contributed by atoms with Gasteiger partial charge in [0.15, 0.2) is 0 Å². The number of carbonyl (C=O) groups excluding carboxylic acids is 1. The van der Waals surface area contributed by atoms with Crippen LogP contribution in [0.25, 0.3) is 11.3 Å². The van der Waals surface area contributed by atoms with Crippen LogP contribution in [0.1, 0.15) is 34.3 Å². The number of hydrogen-bond acceptors (Lipinski definition) is 3. The SMILES string of the molecule is COc1ccccc1-c1nn(Cc2ccccc2)cc1C(=O)NC[C@@H](C)c1ccccc1. The summed E-state index contributed by atoms with van der Waals surface area (Å²) in [6.45, 7) is 3.23. The Morgan fingerprint density at radius 3 is 2.34 bits per heavy atom. The van der Waals surface area contributed by atoms with Gasteiger partial charge in [-0.05, 0) is 29.2 Å². The summed E-state index contributed by atoms with van der Waals surface area (Å²) in [6, 6.07) is 27.9. The zero-order valence-electron chi connectivity index (χ0n) is 18.4. The predicted octanol–water partition coefficient (Wildman–Crippen LogP) is 5.14. The Morgan fingerprint density at radius 1 is 0.969 bits per heavy atom. The topological polar surface area (TPSA) is 56.2 Å². The third-order valence-electron chi connectivity index (χ3n) is 5.49. The highest BCUT2D eigenvalue weighted by Gasteiger charge is 2.21. The van der Waals surface area contributed by atoms with E-state index < -0.39 is 0 Å². The number of aromatic nitrogens is 2. The van der Waals surface area contributed by atoms with Gasteiger partial charge in [0.05, 0.1) is 19.2 Å². The second-order valence-corrected chi connectivity index (χ2v) is 7.80. The van der Waals surface area contributed by atoms with E-state index in [1.807, 2.05) is 83.7 Å². The summed E-state index contributed by atoms with van der Waals surface area (Å²) in [6.07, 6.45) is 1.82. The zero-order chi connectivity index (χ0) is 22.3. The largest absolute Gasteiger partial charge is 0.496 e. The van der Waals surface area contributed by atoms with Crippen LogP contribution in [0.4, 0.5) is 0 Å². The summed E-state index contributed by atoms with van der Waals surface area (Å²) < 4.78 is 7.35. The normalized spacial score (nSPS) is 11.7. The fourth-order valence-electron chi connectivity index (χ4n) is 3.72. The van der Waals surface area contributed by atoms with Gasteiger partial charge in [0.2, 0.25) is 0 Å². The Morgan fingerprint density at radius 2 is 1.62 bits per heavy atom. The smallest absolute Gasteiger partial charge is 0.255 e. The average molecular weight is 426 g/mol. The van der Waals surface area contributed by atoms with Crippen molar-refractivity contribution in [3.8, 4) is 17.0 Å². The fraction of sp³-hybridized carbons (Fsp3) is 0.185. The van der Waals surface area contributed by atoms with Crippen LogP contribution in [0, 0.1) is 0 Å². The van der Waals surface area contributed by atoms with Gasteiger partial charge < -0.3 is 10.1 Å². The van der Waals surface area contributed by atoms with Crippen molar-refractivity contribution in [2.75, 3.05) is 13.7 Å². The van der Waals surface area contributed by atoms with Gasteiger partial charge >= 0.3 is 0 Å². The molecular weight excluding hydrogens is 398 g/mol. The highest BCUT2D eigenvalue weighted by Crippen LogP contribution is 2.31. The van der Waals surface area contributed by atoms with Crippen molar-refractivity contribution in [3.63, 3.8) is 0 Å². The molecule has 32 heavy (non-hydrogen) atoms. The van der Waals surface area contributed by atoms with E-state index in [1.54, 1.807) is 7.11 Å². The van der Waals surface area contributed by atoms with Crippen molar-refractivity contribution in [2.24, 2.45) is 0 Å². The van der Waals surface area contributed by atoms with Crippen molar-refractivity contribution in [3.05, 3.63) is 108 Å². The van der Waals surface area contributed by atoms with Crippen molar-refractivity contribution in [2.45, 2.75) is 19.4 Å². The number of ether oxygens (including phenoxy) is 1. The van der Waals surface area contributed by atoms with Gasteiger partial charge in [0, 0.05) is 18.3 Å². The van der Waals surface area contributed by atoms with E-state index in [0.717, 1.165) is 11.1 Å². The first-order valence-electron chi connectivity index (χ1n) is 10.7. The second kappa shape index (κ2) is 9.96. The van der Waals surface area contributed by atoms with Gasteiger partial charge in [-0.25, -0.2) is 0 Å². The molecule has 0 spiro atoms. The molecular formula is C27H27N3O2. The maximum atomic E-state index is 13.2. The van der Waals surface area contributed by atoms with Crippen molar-refractivity contribution in [1.82, 2.24) is 15.1 Å². The van der Waals surface area contributed by atoms with Crippen molar-refractivity contribution in [1.29, 1.82) is 0 Å². The molecule has 1 N–H and O–H groups in total. The van der Waals surface area contributed by atoms with E-state index in [0.29, 0.717) is 30.1 Å². The number of rotatable bonds is 8. The Labute approximate surface area is 188 Å². The standard InChI is InChI=1S/C27H27N3O2/c1-20(22-13-7-4-8-14-22)17-28-27(31)24-19-30(18-21-11-5-3-6-12-21)29-26(24)23-15-9-10-16-25(23)32-2/h3-16,19-20H,17-18H2,1-2H3,(H,28,31)/t20-/m1/s1. The molecule has 0 fully saturated rings. The van der Waals surface area contributed by atoms with Crippen LogP contribution >= 0.6 is 0 Å². The van der Waals surface area contributed by atoms with Crippen LogP contribution in [-0.4, -0.2) is 29.3 Å². The molecule has 0 aliphatic carbocycles. The molecule has 0 bridgehead atoms. The van der Waals surface area contributed by atoms with E-state index in [-0.39, 0.29) is 11.8 Å². The van der Waals surface area contributed by atoms with Gasteiger partial charge in [0.1, 0.15) is 11.4 Å². The molecule has 0 saturated heterocycles. The van der Waals surface area contributed by atoms with Gasteiger partial charge in [-0.2, -0.15) is 5.10 Å². The molecule has 0 saturated carbocycles. The minimum absolute atomic E-state index is 0.145. The molecule has 1 atom stereocenters. The summed E-state index contributed by atoms with van der Waals surface area (Å²) >= 11 is 0. The van der Waals surface area contributed by atoms with E-state index >= 15 is 0 Å². The molecule has 5 heteroatoms. The van der Waals surface area contributed by atoms with Crippen LogP contribution < -0.4 is 10.1 Å². The summed E-state index contributed by atoms with van der Waals surface area (Å²) in [7, 11) is 1.63. The Bertz CT molecular complexity index is 1170. The Kier molecular flexibility index (Phi) is 6.66. The highest BCUT2D eigenvalue weighted by molar-refractivity contribution is 6.00. The molecule has 0 unspecified atom stereocenters. The molecule has 162 valence electrons. The van der Waals surface area contributed by atoms with Crippen LogP contribution in [0.15, 0.2) is 91.1 Å². The quantitative estimate of drug-likeness (QED) is 0.425. The first kappa shape index (κ1) is 21.4. The first-order valence-corrected chi connectivity index (χ1v) is 10.7. The summed E-state index contributed by atoms with van der Waals surface area (Å²) in [5.74, 6) is 0.742. The maximum Gasteiger partial charge on any atom is 0.255 e. The number of nitrogens with zero attached hydrogens (tertiary/aromatic N) is 2. The van der Waals surface area contributed by atoms with E-state index in [9.17, 15) is 4.79 Å². The molecule has 4 rings (SSSR count). The lowest BCUT2D eigenvalue weighted by molar-refractivity contribution is 0.0952. The van der Waals surface area contributed by atoms with E-state index in [4.69, 9.17) is 9.84 Å². The zero-order valence-corrected chi connectivity index (χ0v) is 18.4. The monoisotopic (exact) mass is 425 g/mol. The number of amides is 1. The van der Waals surface area contributed by atoms with Gasteiger partial charge in [-0.1, -0.05) is 79.7 Å². The molecule has 1 heterocycles. The third-order valence-corrected chi connectivity index (χ3v) is 5.49. The average Bonchev–Trinajstić information content (AvgIpc) is 3.27. The first-order chi connectivity index (χ1) is 15.7. The minimum Gasteiger partial charge on any atom is -0.496 e. The van der Waals surface area contributed by atoms with Gasteiger partial charge in [0.25, 0.3) is 5.91 Å². The van der Waals surface area contributed by atoms with Gasteiger partial charge in [-0.3, -0.25) is 9.48 Å². The van der Waals surface area contributed by atoms with Crippen LogP contribution in [0.3, 0.4) is 0 Å². The Hall–Kier alpha value is -3.86. The molecule has 1 amide bonds. The lowest BCUT2D eigenvalue weighted by atomic mass is 10.0. The molecule has 0 radical (unpaired) electrons. The predicted molar refractivity (Wildman–Crippen MR) is 127 cm³/mol. The molecule has 4 aromatic rings.